The van der Waals surface area contributed by atoms with Crippen molar-refractivity contribution in [2.24, 2.45) is 17.8 Å². The molecule has 1 aliphatic rings. The largest absolute Gasteiger partial charge is 0.274 e. The predicted octanol–water partition coefficient (Wildman–Crippen LogP) is 2.13. The SMILES string of the molecule is CCONC(=O)C1CCC(C)C(C)C1. The number of hydrogen-bond acceptors (Lipinski definition) is 2. The van der Waals surface area contributed by atoms with E-state index in [0.717, 1.165) is 25.2 Å². The quantitative estimate of drug-likeness (QED) is 0.707. The van der Waals surface area contributed by atoms with Crippen LogP contribution in [0.3, 0.4) is 0 Å². The number of carbonyl (C=O) groups excluding carboxylic acids is 1. The highest BCUT2D eigenvalue weighted by molar-refractivity contribution is 5.77. The van der Waals surface area contributed by atoms with Crippen LogP contribution in [0.1, 0.15) is 40.0 Å². The number of hydroxylamine groups is 1. The number of nitrogens with one attached hydrogen (secondary N) is 1. The second-order valence-corrected chi connectivity index (χ2v) is 4.36. The molecular weight excluding hydrogens is 178 g/mol. The fraction of sp³-hybridized carbons (Fsp3) is 0.909. The van der Waals surface area contributed by atoms with Gasteiger partial charge in [-0.05, 0) is 38.0 Å². The van der Waals surface area contributed by atoms with Crippen molar-refractivity contribution in [1.82, 2.24) is 5.48 Å². The third-order valence-corrected chi connectivity index (χ3v) is 3.29. The number of amides is 1. The Kier molecular flexibility index (Phi) is 4.39. The van der Waals surface area contributed by atoms with E-state index in [0.29, 0.717) is 12.5 Å². The molecule has 3 nitrogen and oxygen atoms in total. The average molecular weight is 199 g/mol. The monoisotopic (exact) mass is 199 g/mol. The molecule has 0 aliphatic heterocycles. The maximum atomic E-state index is 11.6. The van der Waals surface area contributed by atoms with Gasteiger partial charge in [-0.25, -0.2) is 5.48 Å². The summed E-state index contributed by atoms with van der Waals surface area (Å²) in [5, 5.41) is 0. The first-order valence-corrected chi connectivity index (χ1v) is 5.56. The van der Waals surface area contributed by atoms with Gasteiger partial charge in [-0.2, -0.15) is 0 Å². The van der Waals surface area contributed by atoms with Gasteiger partial charge in [-0.3, -0.25) is 9.63 Å². The highest BCUT2D eigenvalue weighted by atomic mass is 16.6. The number of rotatable bonds is 3. The molecule has 0 heterocycles. The van der Waals surface area contributed by atoms with Crippen molar-refractivity contribution in [1.29, 1.82) is 0 Å². The molecule has 1 saturated carbocycles. The molecule has 0 bridgehead atoms. The summed E-state index contributed by atoms with van der Waals surface area (Å²) in [6.07, 6.45) is 3.16. The highest BCUT2D eigenvalue weighted by Crippen LogP contribution is 2.33. The van der Waals surface area contributed by atoms with Crippen LogP contribution in [-0.2, 0) is 9.63 Å². The van der Waals surface area contributed by atoms with Gasteiger partial charge in [0.1, 0.15) is 0 Å². The normalized spacial score (nSPS) is 32.6. The molecule has 0 aromatic rings. The minimum Gasteiger partial charge on any atom is -0.274 e. The van der Waals surface area contributed by atoms with E-state index < -0.39 is 0 Å². The summed E-state index contributed by atoms with van der Waals surface area (Å²) >= 11 is 0. The minimum absolute atomic E-state index is 0.0607. The molecule has 1 amide bonds. The van der Waals surface area contributed by atoms with Crippen LogP contribution in [0.15, 0.2) is 0 Å². The van der Waals surface area contributed by atoms with Crippen molar-refractivity contribution < 1.29 is 9.63 Å². The zero-order valence-corrected chi connectivity index (χ0v) is 9.38. The van der Waals surface area contributed by atoms with Crippen LogP contribution in [0.4, 0.5) is 0 Å². The van der Waals surface area contributed by atoms with Crippen molar-refractivity contribution in [2.45, 2.75) is 40.0 Å². The fourth-order valence-corrected chi connectivity index (χ4v) is 2.01. The molecule has 0 saturated heterocycles. The summed E-state index contributed by atoms with van der Waals surface area (Å²) < 4.78 is 0. The van der Waals surface area contributed by atoms with Crippen LogP contribution in [0.25, 0.3) is 0 Å². The van der Waals surface area contributed by atoms with Crippen LogP contribution in [0.5, 0.6) is 0 Å². The van der Waals surface area contributed by atoms with Gasteiger partial charge < -0.3 is 0 Å². The summed E-state index contributed by atoms with van der Waals surface area (Å²) in [6.45, 7) is 6.89. The van der Waals surface area contributed by atoms with E-state index in [1.807, 2.05) is 6.92 Å². The van der Waals surface area contributed by atoms with E-state index in [9.17, 15) is 4.79 Å². The molecule has 1 fully saturated rings. The van der Waals surface area contributed by atoms with Crippen LogP contribution in [0.2, 0.25) is 0 Å². The zero-order chi connectivity index (χ0) is 10.6. The molecular formula is C11H21NO2. The van der Waals surface area contributed by atoms with Crippen molar-refractivity contribution >= 4 is 5.91 Å². The van der Waals surface area contributed by atoms with Gasteiger partial charge in [0.25, 0.3) is 0 Å². The lowest BCUT2D eigenvalue weighted by Gasteiger charge is -2.30. The van der Waals surface area contributed by atoms with Crippen molar-refractivity contribution in [2.75, 3.05) is 6.61 Å². The molecule has 3 unspecified atom stereocenters. The van der Waals surface area contributed by atoms with Crippen LogP contribution in [-0.4, -0.2) is 12.5 Å². The maximum absolute atomic E-state index is 11.6. The van der Waals surface area contributed by atoms with Crippen LogP contribution < -0.4 is 5.48 Å². The highest BCUT2D eigenvalue weighted by Gasteiger charge is 2.29. The Hall–Kier alpha value is -0.570. The Balaban J connectivity index is 2.34. The van der Waals surface area contributed by atoms with Gasteiger partial charge in [0.2, 0.25) is 5.91 Å². The Morgan fingerprint density at radius 1 is 1.36 bits per heavy atom. The van der Waals surface area contributed by atoms with E-state index in [1.54, 1.807) is 0 Å². The molecule has 0 aromatic heterocycles. The Morgan fingerprint density at radius 3 is 2.64 bits per heavy atom. The third kappa shape index (κ3) is 2.98. The summed E-state index contributed by atoms with van der Waals surface area (Å²) in [5.74, 6) is 1.63. The van der Waals surface area contributed by atoms with Crippen LogP contribution >= 0.6 is 0 Å². The van der Waals surface area contributed by atoms with Crippen molar-refractivity contribution in [3.8, 4) is 0 Å². The van der Waals surface area contributed by atoms with Crippen molar-refractivity contribution in [3.63, 3.8) is 0 Å². The second-order valence-electron chi connectivity index (χ2n) is 4.36. The number of carbonyl (C=O) groups is 1. The lowest BCUT2D eigenvalue weighted by Crippen LogP contribution is -2.35. The van der Waals surface area contributed by atoms with Gasteiger partial charge in [-0.1, -0.05) is 13.8 Å². The Bertz CT molecular complexity index is 194. The molecule has 1 aliphatic carbocycles. The van der Waals surface area contributed by atoms with Gasteiger partial charge in [0, 0.05) is 5.92 Å². The van der Waals surface area contributed by atoms with Gasteiger partial charge in [0.15, 0.2) is 0 Å². The van der Waals surface area contributed by atoms with E-state index in [-0.39, 0.29) is 11.8 Å². The first-order valence-electron chi connectivity index (χ1n) is 5.56. The lowest BCUT2D eigenvalue weighted by atomic mass is 9.75. The Morgan fingerprint density at radius 2 is 2.07 bits per heavy atom. The average Bonchev–Trinajstić information content (AvgIpc) is 2.18. The van der Waals surface area contributed by atoms with Gasteiger partial charge in [0.05, 0.1) is 6.61 Å². The molecule has 1 rings (SSSR count). The second kappa shape index (κ2) is 5.35. The van der Waals surface area contributed by atoms with Gasteiger partial charge >= 0.3 is 0 Å². The molecule has 0 spiro atoms. The molecule has 3 heteroatoms. The maximum Gasteiger partial charge on any atom is 0.246 e. The van der Waals surface area contributed by atoms with E-state index >= 15 is 0 Å². The summed E-state index contributed by atoms with van der Waals surface area (Å²) in [6, 6.07) is 0. The molecule has 14 heavy (non-hydrogen) atoms. The first-order chi connectivity index (χ1) is 6.65. The smallest absolute Gasteiger partial charge is 0.246 e. The predicted molar refractivity (Wildman–Crippen MR) is 55.4 cm³/mol. The van der Waals surface area contributed by atoms with Crippen molar-refractivity contribution in [3.05, 3.63) is 0 Å². The van der Waals surface area contributed by atoms with E-state index in [2.05, 4.69) is 19.3 Å². The molecule has 0 aromatic carbocycles. The zero-order valence-electron chi connectivity index (χ0n) is 9.38. The topological polar surface area (TPSA) is 38.3 Å². The standard InChI is InChI=1S/C11H21NO2/c1-4-14-12-11(13)10-6-5-8(2)9(3)7-10/h8-10H,4-7H2,1-3H3,(H,12,13). The molecule has 1 N–H and O–H groups in total. The van der Waals surface area contributed by atoms with Gasteiger partial charge in [-0.15, -0.1) is 0 Å². The molecule has 3 atom stereocenters. The molecule has 0 radical (unpaired) electrons. The van der Waals surface area contributed by atoms with E-state index in [1.165, 1.54) is 0 Å². The summed E-state index contributed by atoms with van der Waals surface area (Å²) in [5.41, 5.74) is 2.50. The van der Waals surface area contributed by atoms with Crippen LogP contribution in [0, 0.1) is 17.8 Å². The fourth-order valence-electron chi connectivity index (χ4n) is 2.01. The van der Waals surface area contributed by atoms with E-state index in [4.69, 9.17) is 4.84 Å². The summed E-state index contributed by atoms with van der Waals surface area (Å²) in [7, 11) is 0. The first kappa shape index (κ1) is 11.5. The summed E-state index contributed by atoms with van der Waals surface area (Å²) in [4.78, 5) is 16.5. The third-order valence-electron chi connectivity index (χ3n) is 3.29. The Labute approximate surface area is 86.2 Å². The molecule has 82 valence electrons. The lowest BCUT2D eigenvalue weighted by molar-refractivity contribution is -0.139. The minimum atomic E-state index is 0.0607. The number of hydrogen-bond donors (Lipinski definition) is 1.